The number of fused-ring (bicyclic) bond motifs is 3. The number of aromatic nitrogens is 2. The van der Waals surface area contributed by atoms with Crippen LogP contribution in [0, 0.1) is 30.6 Å². The van der Waals surface area contributed by atoms with E-state index < -0.39 is 10.2 Å². The Morgan fingerprint density at radius 2 is 1.00 bits per heavy atom. The molecule has 23 heavy (non-hydrogen) atoms. The summed E-state index contributed by atoms with van der Waals surface area (Å²) in [4.78, 5) is 25.2. The van der Waals surface area contributed by atoms with Crippen LogP contribution in [0.5, 0.6) is 0 Å². The fourth-order valence-electron chi connectivity index (χ4n) is 1.68. The zero-order valence-electron chi connectivity index (χ0n) is 11.2. The molecule has 0 fully saturated rings. The molecule has 1 radical (unpaired) electrons. The van der Waals surface area contributed by atoms with Crippen molar-refractivity contribution in [2.75, 3.05) is 0 Å². The second-order valence-electron chi connectivity index (χ2n) is 3.66. The SMILES string of the molecule is O=[N+]([O-])[O-].O=[N+]([O-])[O-].[Cu+2].c1cnc2c(c1)ccc1cccnc12. The molecule has 123 valence electrons. The molecule has 0 atom stereocenters. The van der Waals surface area contributed by atoms with E-state index in [2.05, 4.69) is 34.2 Å². The summed E-state index contributed by atoms with van der Waals surface area (Å²) in [5.74, 6) is 0. The molecule has 0 amide bonds. The first-order valence-electron chi connectivity index (χ1n) is 5.63. The van der Waals surface area contributed by atoms with E-state index in [9.17, 15) is 0 Å². The van der Waals surface area contributed by atoms with Crippen molar-refractivity contribution in [3.63, 3.8) is 0 Å². The predicted molar refractivity (Wildman–Crippen MR) is 77.8 cm³/mol. The molecule has 3 aromatic rings. The van der Waals surface area contributed by atoms with Crippen LogP contribution >= 0.6 is 0 Å². The molecule has 3 rings (SSSR count). The predicted octanol–water partition coefficient (Wildman–Crippen LogP) is 2.30. The first kappa shape index (κ1) is 20.0. The minimum atomic E-state index is -1.75. The zero-order valence-corrected chi connectivity index (χ0v) is 12.1. The van der Waals surface area contributed by atoms with Crippen LogP contribution in [-0.2, 0) is 17.1 Å². The first-order chi connectivity index (χ1) is 10.4. The molecule has 2 heterocycles. The summed E-state index contributed by atoms with van der Waals surface area (Å²) >= 11 is 0. The molecule has 2 aromatic heterocycles. The van der Waals surface area contributed by atoms with E-state index in [0.29, 0.717) is 0 Å². The van der Waals surface area contributed by atoms with Crippen LogP contribution in [0.25, 0.3) is 21.8 Å². The number of nitrogens with zero attached hydrogens (tertiary/aromatic N) is 4. The third-order valence-electron chi connectivity index (χ3n) is 2.34. The van der Waals surface area contributed by atoms with Crippen molar-refractivity contribution in [3.05, 3.63) is 79.4 Å². The van der Waals surface area contributed by atoms with Gasteiger partial charge in [0.1, 0.15) is 0 Å². The third-order valence-corrected chi connectivity index (χ3v) is 2.34. The fourth-order valence-corrected chi connectivity index (χ4v) is 1.68. The summed E-state index contributed by atoms with van der Waals surface area (Å²) in [7, 11) is 0. The number of hydrogen-bond acceptors (Lipinski definition) is 8. The molecule has 0 N–H and O–H groups in total. The first-order valence-corrected chi connectivity index (χ1v) is 5.63. The quantitative estimate of drug-likeness (QED) is 0.253. The van der Waals surface area contributed by atoms with Crippen LogP contribution in [0.15, 0.2) is 48.8 Å². The van der Waals surface area contributed by atoms with Crippen molar-refractivity contribution in [1.82, 2.24) is 9.97 Å². The molecule has 0 saturated heterocycles. The maximum Gasteiger partial charge on any atom is 2.00 e. The molecule has 10 nitrogen and oxygen atoms in total. The van der Waals surface area contributed by atoms with E-state index in [0.717, 1.165) is 21.8 Å². The van der Waals surface area contributed by atoms with Gasteiger partial charge in [0.05, 0.1) is 21.2 Å². The van der Waals surface area contributed by atoms with Crippen molar-refractivity contribution >= 4 is 21.8 Å². The van der Waals surface area contributed by atoms with Crippen LogP contribution < -0.4 is 0 Å². The number of hydrogen-bond donors (Lipinski definition) is 0. The van der Waals surface area contributed by atoms with Crippen LogP contribution in [-0.4, -0.2) is 20.1 Å². The van der Waals surface area contributed by atoms with Gasteiger partial charge in [0.15, 0.2) is 0 Å². The van der Waals surface area contributed by atoms with Crippen LogP contribution in [0.3, 0.4) is 0 Å². The molecular formula is C12H8CuN4O6. The second kappa shape index (κ2) is 9.82. The molecule has 0 spiro atoms. The summed E-state index contributed by atoms with van der Waals surface area (Å²) in [5.41, 5.74) is 1.95. The molecule has 0 aliphatic carbocycles. The van der Waals surface area contributed by atoms with Gasteiger partial charge in [-0.1, -0.05) is 24.3 Å². The van der Waals surface area contributed by atoms with Gasteiger partial charge in [-0.3, -0.25) is 9.97 Å². The summed E-state index contributed by atoms with van der Waals surface area (Å²) in [6.07, 6.45) is 3.60. The Bertz CT molecular complexity index is 726. The third kappa shape index (κ3) is 6.98. The van der Waals surface area contributed by atoms with Crippen molar-refractivity contribution in [1.29, 1.82) is 0 Å². The Labute approximate surface area is 139 Å². The van der Waals surface area contributed by atoms with Crippen molar-refractivity contribution in [3.8, 4) is 0 Å². The molecular weight excluding hydrogens is 360 g/mol. The van der Waals surface area contributed by atoms with Crippen molar-refractivity contribution in [2.45, 2.75) is 0 Å². The Balaban J connectivity index is 0.000000461. The Kier molecular flexibility index (Phi) is 8.52. The Hall–Kier alpha value is -3.04. The summed E-state index contributed by atoms with van der Waals surface area (Å²) < 4.78 is 0. The van der Waals surface area contributed by atoms with Gasteiger partial charge in [-0.25, -0.2) is 0 Å². The van der Waals surface area contributed by atoms with Gasteiger partial charge in [-0.15, -0.1) is 0 Å². The van der Waals surface area contributed by atoms with Crippen LogP contribution in [0.4, 0.5) is 0 Å². The maximum absolute atomic E-state index is 8.25. The number of benzene rings is 1. The van der Waals surface area contributed by atoms with E-state index >= 15 is 0 Å². The van der Waals surface area contributed by atoms with E-state index in [1.807, 2.05) is 12.1 Å². The minimum Gasteiger partial charge on any atom is -0.356 e. The topological polar surface area (TPSA) is 158 Å². The average molecular weight is 368 g/mol. The van der Waals surface area contributed by atoms with Gasteiger partial charge in [-0.2, -0.15) is 0 Å². The van der Waals surface area contributed by atoms with Gasteiger partial charge < -0.3 is 30.6 Å². The van der Waals surface area contributed by atoms with Gasteiger partial charge in [0.2, 0.25) is 0 Å². The van der Waals surface area contributed by atoms with E-state index in [1.54, 1.807) is 12.4 Å². The normalized spacial score (nSPS) is 8.70. The standard InChI is InChI=1S/C12H8N2.Cu.2NO3/c1-3-9-5-6-10-4-2-8-14-12(10)11(9)13-7-1;;2*2-1(3)4/h1-8H;;;/q;+2;2*-1. The van der Waals surface area contributed by atoms with Crippen LogP contribution in [0.1, 0.15) is 0 Å². The Morgan fingerprint density at radius 1 is 0.696 bits per heavy atom. The van der Waals surface area contributed by atoms with Gasteiger partial charge in [0.25, 0.3) is 0 Å². The monoisotopic (exact) mass is 367 g/mol. The van der Waals surface area contributed by atoms with E-state index in [4.69, 9.17) is 30.6 Å². The van der Waals surface area contributed by atoms with Crippen LogP contribution in [0.2, 0.25) is 0 Å². The molecule has 0 aliphatic heterocycles. The molecule has 0 bridgehead atoms. The van der Waals surface area contributed by atoms with E-state index in [-0.39, 0.29) is 17.1 Å². The zero-order chi connectivity index (χ0) is 16.5. The molecule has 11 heteroatoms. The molecule has 0 aliphatic rings. The maximum atomic E-state index is 8.25. The fraction of sp³-hybridized carbons (Fsp3) is 0. The summed E-state index contributed by atoms with van der Waals surface area (Å²) in [6.45, 7) is 0. The van der Waals surface area contributed by atoms with Crippen molar-refractivity contribution in [2.24, 2.45) is 0 Å². The average Bonchev–Trinajstić information content (AvgIpc) is 2.46. The minimum absolute atomic E-state index is 0. The van der Waals surface area contributed by atoms with E-state index in [1.165, 1.54) is 0 Å². The van der Waals surface area contributed by atoms with Gasteiger partial charge in [-0.05, 0) is 12.1 Å². The molecule has 0 unspecified atom stereocenters. The smallest absolute Gasteiger partial charge is 0.356 e. The molecule has 0 saturated carbocycles. The number of rotatable bonds is 0. The van der Waals surface area contributed by atoms with Gasteiger partial charge in [0, 0.05) is 23.2 Å². The molecule has 1 aromatic carbocycles. The second-order valence-corrected chi connectivity index (χ2v) is 3.66. The largest absolute Gasteiger partial charge is 2.00 e. The number of pyridine rings is 2. The van der Waals surface area contributed by atoms with Crippen molar-refractivity contribution < 1.29 is 27.2 Å². The summed E-state index contributed by atoms with van der Waals surface area (Å²) in [6, 6.07) is 12.1. The summed E-state index contributed by atoms with van der Waals surface area (Å²) in [5, 5.41) is 31.8. The Morgan fingerprint density at radius 3 is 1.30 bits per heavy atom. The van der Waals surface area contributed by atoms with Gasteiger partial charge >= 0.3 is 17.1 Å².